The van der Waals surface area contributed by atoms with Crippen LogP contribution in [-0.4, -0.2) is 24.4 Å². The third-order valence-electron chi connectivity index (χ3n) is 5.78. The van der Waals surface area contributed by atoms with E-state index >= 15 is 0 Å². The molecular formula is C24H25ClN2O3. The minimum atomic E-state index is -0.361. The summed E-state index contributed by atoms with van der Waals surface area (Å²) in [6.07, 6.45) is 6.06. The van der Waals surface area contributed by atoms with Crippen molar-refractivity contribution in [2.75, 3.05) is 11.4 Å². The topological polar surface area (TPSA) is 58.6 Å². The molecular weight excluding hydrogens is 400 g/mol. The lowest BCUT2D eigenvalue weighted by molar-refractivity contribution is -0.124. The van der Waals surface area contributed by atoms with Gasteiger partial charge in [-0.15, -0.1) is 0 Å². The first kappa shape index (κ1) is 20.5. The van der Waals surface area contributed by atoms with E-state index < -0.39 is 0 Å². The van der Waals surface area contributed by atoms with Gasteiger partial charge in [0.05, 0.1) is 5.69 Å². The highest BCUT2D eigenvalue weighted by molar-refractivity contribution is 6.32. The van der Waals surface area contributed by atoms with Crippen molar-refractivity contribution in [3.8, 4) is 5.75 Å². The SMILES string of the molecule is CC1CCCCC1NC(=O)CN1C(=O)/C(=C\c2ccccc2Cl)Oc2ccccc21. The van der Waals surface area contributed by atoms with E-state index in [1.807, 2.05) is 30.3 Å². The number of nitrogens with one attached hydrogen (secondary N) is 1. The highest BCUT2D eigenvalue weighted by Crippen LogP contribution is 2.36. The lowest BCUT2D eigenvalue weighted by Gasteiger charge is -2.32. The molecule has 0 aromatic heterocycles. The van der Waals surface area contributed by atoms with Crippen molar-refractivity contribution in [2.24, 2.45) is 5.92 Å². The number of nitrogens with zero attached hydrogens (tertiary/aromatic N) is 1. The molecule has 0 spiro atoms. The summed E-state index contributed by atoms with van der Waals surface area (Å²) in [4.78, 5) is 27.5. The van der Waals surface area contributed by atoms with E-state index in [4.69, 9.17) is 16.3 Å². The van der Waals surface area contributed by atoms with Crippen molar-refractivity contribution in [3.63, 3.8) is 0 Å². The van der Waals surface area contributed by atoms with Crippen LogP contribution in [-0.2, 0) is 9.59 Å². The lowest BCUT2D eigenvalue weighted by atomic mass is 9.86. The summed E-state index contributed by atoms with van der Waals surface area (Å²) in [5, 5.41) is 3.65. The smallest absolute Gasteiger partial charge is 0.294 e. The second kappa shape index (κ2) is 8.92. The zero-order valence-electron chi connectivity index (χ0n) is 16.9. The third-order valence-corrected chi connectivity index (χ3v) is 6.13. The summed E-state index contributed by atoms with van der Waals surface area (Å²) in [5.74, 6) is 0.609. The molecule has 2 aliphatic rings. The zero-order valence-corrected chi connectivity index (χ0v) is 17.7. The van der Waals surface area contributed by atoms with E-state index in [0.29, 0.717) is 27.9 Å². The molecule has 2 aromatic rings. The molecule has 2 aromatic carbocycles. The maximum absolute atomic E-state index is 13.2. The van der Waals surface area contributed by atoms with Crippen LogP contribution in [0.15, 0.2) is 54.3 Å². The van der Waals surface area contributed by atoms with E-state index in [2.05, 4.69) is 12.2 Å². The number of fused-ring (bicyclic) bond motifs is 1. The van der Waals surface area contributed by atoms with Crippen LogP contribution in [0.4, 0.5) is 5.69 Å². The number of carbonyl (C=O) groups excluding carboxylic acids is 2. The van der Waals surface area contributed by atoms with Gasteiger partial charge in [0.1, 0.15) is 6.54 Å². The fraction of sp³-hybridized carbons (Fsp3) is 0.333. The standard InChI is InChI=1S/C24H25ClN2O3/c1-16-8-2-5-11-19(16)26-23(28)15-27-20-12-6-7-13-21(20)30-22(24(27)29)14-17-9-3-4-10-18(17)25/h3-4,6-7,9-10,12-14,16,19H,2,5,8,11,15H2,1H3,(H,26,28)/b22-14+. The molecule has 2 amide bonds. The Morgan fingerprint density at radius 3 is 2.70 bits per heavy atom. The number of halogens is 1. The highest BCUT2D eigenvalue weighted by Gasteiger charge is 2.32. The van der Waals surface area contributed by atoms with Crippen LogP contribution in [0.25, 0.3) is 6.08 Å². The van der Waals surface area contributed by atoms with Gasteiger partial charge in [0, 0.05) is 11.1 Å². The van der Waals surface area contributed by atoms with Gasteiger partial charge in [0.25, 0.3) is 5.91 Å². The van der Waals surface area contributed by atoms with E-state index in [-0.39, 0.29) is 30.2 Å². The fourth-order valence-corrected chi connectivity index (χ4v) is 4.27. The van der Waals surface area contributed by atoms with Crippen LogP contribution in [0.1, 0.15) is 38.2 Å². The number of hydrogen-bond donors (Lipinski definition) is 1. The summed E-state index contributed by atoms with van der Waals surface area (Å²) in [6, 6.07) is 14.6. The van der Waals surface area contributed by atoms with Crippen molar-refractivity contribution < 1.29 is 14.3 Å². The number of hydrogen-bond acceptors (Lipinski definition) is 3. The molecule has 0 radical (unpaired) electrons. The Morgan fingerprint density at radius 2 is 1.90 bits per heavy atom. The lowest BCUT2D eigenvalue weighted by Crippen LogP contribution is -2.48. The number of benzene rings is 2. The Balaban J connectivity index is 1.58. The Kier molecular flexibility index (Phi) is 6.09. The maximum atomic E-state index is 13.2. The summed E-state index contributed by atoms with van der Waals surface area (Å²) < 4.78 is 5.86. The molecule has 156 valence electrons. The first-order valence-electron chi connectivity index (χ1n) is 10.4. The van der Waals surface area contributed by atoms with E-state index in [9.17, 15) is 9.59 Å². The van der Waals surface area contributed by atoms with Crippen LogP contribution < -0.4 is 15.0 Å². The van der Waals surface area contributed by atoms with Gasteiger partial charge >= 0.3 is 0 Å². The Hall–Kier alpha value is -2.79. The van der Waals surface area contributed by atoms with Crippen molar-refractivity contribution in [3.05, 3.63) is 64.9 Å². The first-order valence-corrected chi connectivity index (χ1v) is 10.7. The van der Waals surface area contributed by atoms with Crippen LogP contribution >= 0.6 is 11.6 Å². The molecule has 4 rings (SSSR count). The van der Waals surface area contributed by atoms with Crippen LogP contribution in [0, 0.1) is 5.92 Å². The quantitative estimate of drug-likeness (QED) is 0.717. The van der Waals surface area contributed by atoms with Gasteiger partial charge in [0.15, 0.2) is 11.5 Å². The predicted octanol–water partition coefficient (Wildman–Crippen LogP) is 4.80. The molecule has 1 saturated carbocycles. The molecule has 5 nitrogen and oxygen atoms in total. The van der Waals surface area contributed by atoms with Crippen LogP contribution in [0.3, 0.4) is 0 Å². The average molecular weight is 425 g/mol. The second-order valence-corrected chi connectivity index (χ2v) is 8.33. The number of carbonyl (C=O) groups is 2. The third kappa shape index (κ3) is 4.36. The summed E-state index contributed by atoms with van der Waals surface area (Å²) >= 11 is 6.25. The van der Waals surface area contributed by atoms with Gasteiger partial charge in [-0.1, -0.05) is 61.7 Å². The van der Waals surface area contributed by atoms with Gasteiger partial charge < -0.3 is 10.1 Å². The molecule has 0 bridgehead atoms. The number of ether oxygens (including phenoxy) is 1. The van der Waals surface area contributed by atoms with Gasteiger partial charge in [-0.05, 0) is 48.6 Å². The minimum Gasteiger partial charge on any atom is -0.449 e. The number of amides is 2. The molecule has 6 heteroatoms. The predicted molar refractivity (Wildman–Crippen MR) is 118 cm³/mol. The monoisotopic (exact) mass is 424 g/mol. The van der Waals surface area contributed by atoms with Crippen molar-refractivity contribution in [2.45, 2.75) is 38.6 Å². The van der Waals surface area contributed by atoms with Gasteiger partial charge in [-0.2, -0.15) is 0 Å². The number of anilines is 1. The van der Waals surface area contributed by atoms with Crippen molar-refractivity contribution in [1.29, 1.82) is 0 Å². The first-order chi connectivity index (χ1) is 14.5. The average Bonchev–Trinajstić information content (AvgIpc) is 2.74. The zero-order chi connectivity index (χ0) is 21.1. The Labute approximate surface area is 181 Å². The summed E-state index contributed by atoms with van der Waals surface area (Å²) in [6.45, 7) is 2.12. The molecule has 1 fully saturated rings. The molecule has 2 atom stereocenters. The summed E-state index contributed by atoms with van der Waals surface area (Å²) in [5.41, 5.74) is 1.27. The molecule has 0 saturated heterocycles. The number of para-hydroxylation sites is 2. The molecule has 1 aliphatic heterocycles. The van der Waals surface area contributed by atoms with Crippen LogP contribution in [0.5, 0.6) is 5.75 Å². The molecule has 1 heterocycles. The second-order valence-electron chi connectivity index (χ2n) is 7.93. The molecule has 2 unspecified atom stereocenters. The largest absolute Gasteiger partial charge is 0.449 e. The van der Waals surface area contributed by atoms with E-state index in [1.54, 1.807) is 24.3 Å². The van der Waals surface area contributed by atoms with Gasteiger partial charge in [-0.25, -0.2) is 0 Å². The fourth-order valence-electron chi connectivity index (χ4n) is 4.08. The minimum absolute atomic E-state index is 0.0533. The number of rotatable bonds is 4. The van der Waals surface area contributed by atoms with Crippen LogP contribution in [0.2, 0.25) is 5.02 Å². The van der Waals surface area contributed by atoms with Gasteiger partial charge in [0.2, 0.25) is 5.91 Å². The van der Waals surface area contributed by atoms with Gasteiger partial charge in [-0.3, -0.25) is 14.5 Å². The van der Waals surface area contributed by atoms with Crippen molar-refractivity contribution >= 4 is 35.2 Å². The molecule has 1 aliphatic carbocycles. The summed E-state index contributed by atoms with van der Waals surface area (Å²) in [7, 11) is 0. The normalized spacial score (nSPS) is 22.4. The van der Waals surface area contributed by atoms with E-state index in [1.165, 1.54) is 11.3 Å². The maximum Gasteiger partial charge on any atom is 0.294 e. The molecule has 1 N–H and O–H groups in total. The Bertz CT molecular complexity index is 988. The van der Waals surface area contributed by atoms with Crippen molar-refractivity contribution in [1.82, 2.24) is 5.32 Å². The van der Waals surface area contributed by atoms with E-state index in [0.717, 1.165) is 19.3 Å². The Morgan fingerprint density at radius 1 is 1.17 bits per heavy atom. The highest BCUT2D eigenvalue weighted by atomic mass is 35.5. The molecule has 30 heavy (non-hydrogen) atoms.